The van der Waals surface area contributed by atoms with Gasteiger partial charge in [-0.15, -0.1) is 0 Å². The molecule has 2 aromatic heterocycles. The van der Waals surface area contributed by atoms with E-state index in [-0.39, 0.29) is 10.5 Å². The third kappa shape index (κ3) is 6.34. The second kappa shape index (κ2) is 11.2. The molecule has 11 heteroatoms. The molecule has 0 spiro atoms. The van der Waals surface area contributed by atoms with Crippen LogP contribution in [0.1, 0.15) is 11.3 Å². The van der Waals surface area contributed by atoms with E-state index < -0.39 is 27.8 Å². The van der Waals surface area contributed by atoms with E-state index in [0.29, 0.717) is 30.1 Å². The smallest absolute Gasteiger partial charge is 0.328 e. The molecule has 0 amide bonds. The summed E-state index contributed by atoms with van der Waals surface area (Å²) in [6, 6.07) is 10.9. The molecular formula is C22H22FN3O6S. The Hall–Kier alpha value is -3.83. The molecular weight excluding hydrogens is 453 g/mol. The highest BCUT2D eigenvalue weighted by atomic mass is 32.2. The van der Waals surface area contributed by atoms with Crippen molar-refractivity contribution in [1.29, 1.82) is 0 Å². The highest BCUT2D eigenvalue weighted by molar-refractivity contribution is 7.90. The zero-order valence-corrected chi connectivity index (χ0v) is 18.6. The lowest BCUT2D eigenvalue weighted by atomic mass is 10.1. The largest absolute Gasteiger partial charge is 0.478 e. The van der Waals surface area contributed by atoms with Crippen LogP contribution in [-0.4, -0.2) is 46.6 Å². The standard InChI is InChI=1S/C18H18FN3O2S.C4H4O4/c1-13-14(11-20-2)10-18(16-7-3-4-8-17(16)19)22(13)25(23,24)15-6-5-9-21-12-15;5-3(6)1-2-4(7)8/h3-10,12,20H,11H2,1-2H3;1-2H,(H,5,6)(H,7,8)/b;2-1+. The zero-order valence-electron chi connectivity index (χ0n) is 17.8. The highest BCUT2D eigenvalue weighted by Gasteiger charge is 2.26. The molecule has 0 fully saturated rings. The Balaban J connectivity index is 0.000000414. The van der Waals surface area contributed by atoms with Gasteiger partial charge >= 0.3 is 11.9 Å². The fourth-order valence-electron chi connectivity index (χ4n) is 2.92. The molecule has 0 bridgehead atoms. The molecule has 0 radical (unpaired) electrons. The maximum Gasteiger partial charge on any atom is 0.328 e. The topological polar surface area (TPSA) is 139 Å². The molecule has 0 saturated carbocycles. The van der Waals surface area contributed by atoms with Crippen molar-refractivity contribution in [2.75, 3.05) is 7.05 Å². The quantitative estimate of drug-likeness (QED) is 0.443. The van der Waals surface area contributed by atoms with E-state index >= 15 is 0 Å². The summed E-state index contributed by atoms with van der Waals surface area (Å²) >= 11 is 0. The second-order valence-electron chi connectivity index (χ2n) is 6.62. The number of rotatable bonds is 7. The Bertz CT molecular complexity index is 1250. The monoisotopic (exact) mass is 475 g/mol. The minimum atomic E-state index is -3.90. The van der Waals surface area contributed by atoms with Gasteiger partial charge in [0.05, 0.1) is 5.69 Å². The number of hydrogen-bond acceptors (Lipinski definition) is 6. The van der Waals surface area contributed by atoms with Gasteiger partial charge in [-0.25, -0.2) is 26.4 Å². The van der Waals surface area contributed by atoms with E-state index in [1.54, 1.807) is 44.3 Å². The van der Waals surface area contributed by atoms with Crippen LogP contribution in [0.15, 0.2) is 71.9 Å². The predicted molar refractivity (Wildman–Crippen MR) is 119 cm³/mol. The number of benzene rings is 1. The number of carbonyl (C=O) groups is 2. The van der Waals surface area contributed by atoms with E-state index in [9.17, 15) is 22.4 Å². The third-order valence-electron chi connectivity index (χ3n) is 4.36. The molecule has 2 heterocycles. The lowest BCUT2D eigenvalue weighted by Crippen LogP contribution is -2.17. The molecule has 3 aromatic rings. The van der Waals surface area contributed by atoms with Crippen molar-refractivity contribution >= 4 is 22.0 Å². The van der Waals surface area contributed by atoms with Crippen LogP contribution in [0.5, 0.6) is 0 Å². The molecule has 0 unspecified atom stereocenters. The molecule has 174 valence electrons. The van der Waals surface area contributed by atoms with Crippen LogP contribution in [0.4, 0.5) is 4.39 Å². The van der Waals surface area contributed by atoms with Crippen molar-refractivity contribution in [3.63, 3.8) is 0 Å². The van der Waals surface area contributed by atoms with Gasteiger partial charge in [0, 0.05) is 42.3 Å². The minimum Gasteiger partial charge on any atom is -0.478 e. The van der Waals surface area contributed by atoms with Gasteiger partial charge in [-0.05, 0) is 49.9 Å². The fourth-order valence-corrected chi connectivity index (χ4v) is 4.47. The molecule has 3 rings (SSSR count). The maximum atomic E-state index is 14.3. The van der Waals surface area contributed by atoms with Crippen LogP contribution in [0.25, 0.3) is 11.3 Å². The summed E-state index contributed by atoms with van der Waals surface area (Å²) in [6.45, 7) is 2.19. The minimum absolute atomic E-state index is 0.0577. The number of hydrogen-bond donors (Lipinski definition) is 3. The molecule has 0 saturated heterocycles. The first-order chi connectivity index (χ1) is 15.6. The van der Waals surface area contributed by atoms with E-state index in [1.165, 1.54) is 28.5 Å². The van der Waals surface area contributed by atoms with Crippen molar-refractivity contribution < 1.29 is 32.6 Å². The molecule has 0 aliphatic carbocycles. The first-order valence-electron chi connectivity index (χ1n) is 9.49. The van der Waals surface area contributed by atoms with Gasteiger partial charge < -0.3 is 15.5 Å². The van der Waals surface area contributed by atoms with Crippen molar-refractivity contribution in [2.24, 2.45) is 0 Å². The molecule has 3 N–H and O–H groups in total. The van der Waals surface area contributed by atoms with Crippen LogP contribution in [0, 0.1) is 12.7 Å². The van der Waals surface area contributed by atoms with Crippen LogP contribution >= 0.6 is 0 Å². The average Bonchev–Trinajstić information content (AvgIpc) is 3.10. The Kier molecular flexibility index (Phi) is 8.60. The van der Waals surface area contributed by atoms with Gasteiger partial charge in [-0.1, -0.05) is 12.1 Å². The van der Waals surface area contributed by atoms with Gasteiger partial charge in [0.2, 0.25) is 0 Å². The lowest BCUT2D eigenvalue weighted by Gasteiger charge is -2.13. The Labute approximate surface area is 189 Å². The number of nitrogens with one attached hydrogen (secondary N) is 1. The highest BCUT2D eigenvalue weighted by Crippen LogP contribution is 2.31. The Morgan fingerprint density at radius 3 is 2.27 bits per heavy atom. The van der Waals surface area contributed by atoms with Gasteiger partial charge in [-0.3, -0.25) is 4.98 Å². The number of aliphatic carboxylic acids is 2. The van der Waals surface area contributed by atoms with Gasteiger partial charge in [0.1, 0.15) is 10.7 Å². The first kappa shape index (κ1) is 25.4. The number of nitrogens with zero attached hydrogens (tertiary/aromatic N) is 2. The zero-order chi connectivity index (χ0) is 24.6. The number of pyridine rings is 1. The summed E-state index contributed by atoms with van der Waals surface area (Å²) in [5.41, 5.74) is 1.86. The van der Waals surface area contributed by atoms with Gasteiger partial charge in [-0.2, -0.15) is 0 Å². The van der Waals surface area contributed by atoms with Crippen LogP contribution in [0.2, 0.25) is 0 Å². The second-order valence-corrected chi connectivity index (χ2v) is 8.41. The lowest BCUT2D eigenvalue weighted by molar-refractivity contribution is -0.134. The van der Waals surface area contributed by atoms with Crippen molar-refractivity contribution in [3.05, 3.63) is 84.1 Å². The fraction of sp³-hybridized carbons (Fsp3) is 0.136. The first-order valence-corrected chi connectivity index (χ1v) is 10.9. The Morgan fingerprint density at radius 2 is 1.76 bits per heavy atom. The van der Waals surface area contributed by atoms with E-state index in [0.717, 1.165) is 5.56 Å². The summed E-state index contributed by atoms with van der Waals surface area (Å²) < 4.78 is 41.8. The van der Waals surface area contributed by atoms with Crippen molar-refractivity contribution in [3.8, 4) is 11.3 Å². The Morgan fingerprint density at radius 1 is 1.12 bits per heavy atom. The number of carboxylic acids is 2. The summed E-state index contributed by atoms with van der Waals surface area (Å²) in [7, 11) is -2.13. The van der Waals surface area contributed by atoms with Crippen LogP contribution in [-0.2, 0) is 26.2 Å². The normalized spacial score (nSPS) is 11.1. The molecule has 33 heavy (non-hydrogen) atoms. The number of aromatic nitrogens is 2. The van der Waals surface area contributed by atoms with E-state index in [1.807, 2.05) is 0 Å². The van der Waals surface area contributed by atoms with E-state index in [4.69, 9.17) is 10.2 Å². The third-order valence-corrected chi connectivity index (χ3v) is 6.15. The summed E-state index contributed by atoms with van der Waals surface area (Å²) in [5, 5.41) is 18.6. The van der Waals surface area contributed by atoms with E-state index in [2.05, 4.69) is 10.3 Å². The van der Waals surface area contributed by atoms with Crippen molar-refractivity contribution in [1.82, 2.24) is 14.3 Å². The van der Waals surface area contributed by atoms with Gasteiger partial charge in [0.25, 0.3) is 10.0 Å². The maximum absolute atomic E-state index is 14.3. The molecule has 0 atom stereocenters. The number of halogens is 1. The summed E-state index contributed by atoms with van der Waals surface area (Å²) in [5.74, 6) is -2.99. The summed E-state index contributed by atoms with van der Waals surface area (Å²) in [6.07, 6.45) is 3.91. The average molecular weight is 475 g/mol. The number of carboxylic acid groups (broad SMARTS) is 2. The van der Waals surface area contributed by atoms with Crippen LogP contribution in [0.3, 0.4) is 0 Å². The van der Waals surface area contributed by atoms with Crippen molar-refractivity contribution in [2.45, 2.75) is 18.4 Å². The molecule has 0 aliphatic heterocycles. The molecule has 0 aliphatic rings. The molecule has 9 nitrogen and oxygen atoms in total. The predicted octanol–water partition coefficient (Wildman–Crippen LogP) is 2.67. The SMILES string of the molecule is CNCc1cc(-c2ccccc2F)n(S(=O)(=O)c2cccnc2)c1C.O=C(O)/C=C/C(=O)O. The molecule has 1 aromatic carbocycles. The van der Waals surface area contributed by atoms with Gasteiger partial charge in [0.15, 0.2) is 0 Å². The summed E-state index contributed by atoms with van der Waals surface area (Å²) in [4.78, 5) is 23.1. The van der Waals surface area contributed by atoms with Crippen LogP contribution < -0.4 is 5.32 Å².